The highest BCUT2D eigenvalue weighted by Gasteiger charge is 2.25. The van der Waals surface area contributed by atoms with Crippen molar-refractivity contribution < 1.29 is 18.1 Å². The second-order valence-corrected chi connectivity index (χ2v) is 5.92. The maximum absolute atomic E-state index is 12.4. The zero-order chi connectivity index (χ0) is 15.6. The Morgan fingerprint density at radius 3 is 2.43 bits per heavy atom. The summed E-state index contributed by atoms with van der Waals surface area (Å²) in [7, 11) is -3.92. The van der Waals surface area contributed by atoms with Gasteiger partial charge in [-0.15, -0.1) is 0 Å². The van der Waals surface area contributed by atoms with Crippen LogP contribution < -0.4 is 4.74 Å². The van der Waals surface area contributed by atoms with Crippen molar-refractivity contribution in [3.05, 3.63) is 46.4 Å². The largest absolute Gasteiger partial charge is 0.494 e. The molecule has 0 N–H and O–H groups in total. The van der Waals surface area contributed by atoms with E-state index in [-0.39, 0.29) is 10.7 Å². The summed E-state index contributed by atoms with van der Waals surface area (Å²) in [6.45, 7) is 3.68. The minimum absolute atomic E-state index is 0.00125. The van der Waals surface area contributed by atoms with E-state index >= 15 is 0 Å². The summed E-state index contributed by atoms with van der Waals surface area (Å²) in [4.78, 5) is 13.5. The van der Waals surface area contributed by atoms with E-state index in [4.69, 9.17) is 4.74 Å². The van der Waals surface area contributed by atoms with Crippen LogP contribution in [0.4, 0.5) is 5.82 Å². The SMILES string of the molecule is CCOc1ccc(S(=O)(=O)n2cc([N+](=O)[O-])nc2C)cc1. The Hall–Kier alpha value is -2.42. The number of hydrogen-bond acceptors (Lipinski definition) is 6. The number of aromatic nitrogens is 2. The van der Waals surface area contributed by atoms with Gasteiger partial charge in [0.05, 0.1) is 11.5 Å². The molecule has 9 heteroatoms. The highest BCUT2D eigenvalue weighted by Crippen LogP contribution is 2.21. The maximum Gasteiger partial charge on any atom is 0.383 e. The molecule has 1 aromatic heterocycles. The van der Waals surface area contributed by atoms with Crippen LogP contribution in [0.2, 0.25) is 0 Å². The summed E-state index contributed by atoms with van der Waals surface area (Å²) >= 11 is 0. The average Bonchev–Trinajstić information content (AvgIpc) is 2.83. The van der Waals surface area contributed by atoms with E-state index in [2.05, 4.69) is 4.98 Å². The molecule has 0 radical (unpaired) electrons. The van der Waals surface area contributed by atoms with Crippen molar-refractivity contribution in [1.82, 2.24) is 8.96 Å². The molecule has 0 fully saturated rings. The van der Waals surface area contributed by atoms with E-state index in [0.717, 1.165) is 10.2 Å². The zero-order valence-corrected chi connectivity index (χ0v) is 12.2. The predicted molar refractivity (Wildman–Crippen MR) is 73.8 cm³/mol. The molecule has 2 aromatic rings. The van der Waals surface area contributed by atoms with Crippen LogP contribution in [-0.2, 0) is 10.0 Å². The molecule has 0 aliphatic carbocycles. The van der Waals surface area contributed by atoms with Crippen LogP contribution in [0.3, 0.4) is 0 Å². The lowest BCUT2D eigenvalue weighted by molar-refractivity contribution is -0.389. The lowest BCUT2D eigenvalue weighted by Gasteiger charge is -2.07. The Bertz CT molecular complexity index is 765. The van der Waals surface area contributed by atoms with Crippen LogP contribution in [0.1, 0.15) is 12.7 Å². The molecule has 0 amide bonds. The van der Waals surface area contributed by atoms with Crippen molar-refractivity contribution in [2.45, 2.75) is 18.7 Å². The first-order valence-corrected chi connectivity index (χ1v) is 7.49. The van der Waals surface area contributed by atoms with Crippen LogP contribution >= 0.6 is 0 Å². The number of ether oxygens (including phenoxy) is 1. The molecule has 0 spiro atoms. The van der Waals surface area contributed by atoms with Gasteiger partial charge in [-0.1, -0.05) is 0 Å². The second-order valence-electron chi connectivity index (χ2n) is 4.11. The van der Waals surface area contributed by atoms with Gasteiger partial charge in [0, 0.05) is 6.92 Å². The zero-order valence-electron chi connectivity index (χ0n) is 11.4. The first kappa shape index (κ1) is 15.0. The van der Waals surface area contributed by atoms with Crippen LogP contribution in [0.5, 0.6) is 5.75 Å². The van der Waals surface area contributed by atoms with Crippen LogP contribution in [0.15, 0.2) is 35.4 Å². The molecular weight excluding hydrogens is 298 g/mol. The molecule has 0 atom stereocenters. The van der Waals surface area contributed by atoms with E-state index in [1.807, 2.05) is 6.92 Å². The van der Waals surface area contributed by atoms with E-state index in [9.17, 15) is 18.5 Å². The molecule has 0 saturated heterocycles. The molecule has 21 heavy (non-hydrogen) atoms. The number of aryl methyl sites for hydroxylation is 1. The molecule has 0 aliphatic rings. The molecule has 0 saturated carbocycles. The van der Waals surface area contributed by atoms with Crippen LogP contribution in [0.25, 0.3) is 0 Å². The van der Waals surface area contributed by atoms with Gasteiger partial charge in [-0.05, 0) is 41.1 Å². The molecular formula is C12H13N3O5S. The molecule has 112 valence electrons. The smallest absolute Gasteiger partial charge is 0.383 e. The fourth-order valence-corrected chi connectivity index (χ4v) is 3.09. The number of benzene rings is 1. The number of nitro groups is 1. The highest BCUT2D eigenvalue weighted by atomic mass is 32.2. The second kappa shape index (κ2) is 5.52. The Morgan fingerprint density at radius 2 is 1.95 bits per heavy atom. The van der Waals surface area contributed by atoms with Crippen molar-refractivity contribution in [1.29, 1.82) is 0 Å². The van der Waals surface area contributed by atoms with E-state index in [0.29, 0.717) is 12.4 Å². The lowest BCUT2D eigenvalue weighted by Crippen LogP contribution is -2.13. The molecule has 1 heterocycles. The Balaban J connectivity index is 2.44. The first-order chi connectivity index (χ1) is 9.86. The molecule has 8 nitrogen and oxygen atoms in total. The van der Waals surface area contributed by atoms with Gasteiger partial charge in [0.25, 0.3) is 10.0 Å². The van der Waals surface area contributed by atoms with Crippen molar-refractivity contribution in [3.8, 4) is 5.75 Å². The van der Waals surface area contributed by atoms with Gasteiger partial charge < -0.3 is 14.9 Å². The fraction of sp³-hybridized carbons (Fsp3) is 0.250. The van der Waals surface area contributed by atoms with Crippen molar-refractivity contribution in [2.24, 2.45) is 0 Å². The summed E-state index contributed by atoms with van der Waals surface area (Å²) in [6.07, 6.45) is 0.890. The van der Waals surface area contributed by atoms with E-state index in [1.165, 1.54) is 31.2 Å². The Morgan fingerprint density at radius 1 is 1.33 bits per heavy atom. The van der Waals surface area contributed by atoms with Gasteiger partial charge in [0.2, 0.25) is 5.82 Å². The van der Waals surface area contributed by atoms with Gasteiger partial charge in [-0.3, -0.25) is 0 Å². The normalized spacial score (nSPS) is 11.3. The molecule has 2 rings (SSSR count). The third-order valence-corrected chi connectivity index (χ3v) is 4.46. The third kappa shape index (κ3) is 2.87. The highest BCUT2D eigenvalue weighted by molar-refractivity contribution is 7.90. The third-order valence-electron chi connectivity index (χ3n) is 2.71. The summed E-state index contributed by atoms with van der Waals surface area (Å²) in [6, 6.07) is 5.81. The number of nitrogens with zero attached hydrogens (tertiary/aromatic N) is 3. The van der Waals surface area contributed by atoms with Gasteiger partial charge >= 0.3 is 5.82 Å². The summed E-state index contributed by atoms with van der Waals surface area (Å²) in [5.41, 5.74) is 0. The topological polar surface area (TPSA) is 104 Å². The Kier molecular flexibility index (Phi) is 3.94. The maximum atomic E-state index is 12.4. The first-order valence-electron chi connectivity index (χ1n) is 6.05. The Labute approximate surface area is 121 Å². The summed E-state index contributed by atoms with van der Waals surface area (Å²) < 4.78 is 30.9. The summed E-state index contributed by atoms with van der Waals surface area (Å²) in [5.74, 6) is 0.0578. The van der Waals surface area contributed by atoms with Crippen molar-refractivity contribution >= 4 is 15.8 Å². The number of rotatable bonds is 5. The van der Waals surface area contributed by atoms with E-state index in [1.54, 1.807) is 0 Å². The average molecular weight is 311 g/mol. The molecule has 0 aliphatic heterocycles. The molecule has 0 bridgehead atoms. The van der Waals surface area contributed by atoms with Gasteiger partial charge in [-0.25, -0.2) is 8.42 Å². The van der Waals surface area contributed by atoms with Crippen molar-refractivity contribution in [3.63, 3.8) is 0 Å². The van der Waals surface area contributed by atoms with Gasteiger partial charge in [0.1, 0.15) is 11.9 Å². The minimum Gasteiger partial charge on any atom is -0.494 e. The van der Waals surface area contributed by atoms with Crippen molar-refractivity contribution in [2.75, 3.05) is 6.61 Å². The lowest BCUT2D eigenvalue weighted by atomic mass is 10.3. The quantitative estimate of drug-likeness (QED) is 0.615. The monoisotopic (exact) mass is 311 g/mol. The fourth-order valence-electron chi connectivity index (χ4n) is 1.76. The predicted octanol–water partition coefficient (Wildman–Crippen LogP) is 1.74. The number of hydrogen-bond donors (Lipinski definition) is 0. The molecule has 0 unspecified atom stereocenters. The van der Waals surface area contributed by atoms with Crippen LogP contribution in [0, 0.1) is 17.0 Å². The standard InChI is InChI=1S/C12H13N3O5S/c1-3-20-10-4-6-11(7-5-10)21(18,19)14-8-12(15(16)17)13-9(14)2/h4-8H,3H2,1-2H3. The number of imidazole rings is 1. The van der Waals surface area contributed by atoms with Gasteiger partial charge in [-0.2, -0.15) is 3.97 Å². The minimum atomic E-state index is -3.92. The van der Waals surface area contributed by atoms with Crippen LogP contribution in [-0.4, -0.2) is 28.9 Å². The van der Waals surface area contributed by atoms with E-state index < -0.39 is 20.8 Å². The van der Waals surface area contributed by atoms with Gasteiger partial charge in [0.15, 0.2) is 0 Å². The summed E-state index contributed by atoms with van der Waals surface area (Å²) in [5, 5.41) is 10.7. The molecule has 1 aromatic carbocycles.